The molecule has 0 aliphatic carbocycles. The molecular formula is C23H25N5S. The molecule has 0 spiro atoms. The molecular weight excluding hydrogens is 378 g/mol. The van der Waals surface area contributed by atoms with E-state index in [4.69, 9.17) is 21.4 Å². The Labute approximate surface area is 174 Å². The summed E-state index contributed by atoms with van der Waals surface area (Å²) in [5.41, 5.74) is 16.1. The normalized spacial score (nSPS) is 13.7. The van der Waals surface area contributed by atoms with Crippen molar-refractivity contribution in [3.8, 4) is 11.4 Å². The Bertz CT molecular complexity index is 1090. The number of fused-ring (bicyclic) bond motifs is 1. The first-order valence-corrected chi connectivity index (χ1v) is 10.6. The van der Waals surface area contributed by atoms with Gasteiger partial charge in [-0.2, -0.15) is 0 Å². The third-order valence-corrected chi connectivity index (χ3v) is 6.37. The molecule has 1 aromatic carbocycles. The lowest BCUT2D eigenvalue weighted by Gasteiger charge is -2.21. The van der Waals surface area contributed by atoms with E-state index < -0.39 is 6.04 Å². The number of hydrogen-bond donors (Lipinski definition) is 2. The summed E-state index contributed by atoms with van der Waals surface area (Å²) in [6, 6.07) is 15.6. The van der Waals surface area contributed by atoms with Gasteiger partial charge in [0.05, 0.1) is 11.7 Å². The van der Waals surface area contributed by atoms with Crippen LogP contribution in [0.15, 0.2) is 60.9 Å². The van der Waals surface area contributed by atoms with Crippen molar-refractivity contribution in [2.45, 2.75) is 38.3 Å². The van der Waals surface area contributed by atoms with Gasteiger partial charge in [0.15, 0.2) is 5.82 Å². The molecule has 2 atom stereocenters. The molecule has 4 rings (SSSR count). The molecule has 0 aliphatic rings. The van der Waals surface area contributed by atoms with E-state index in [1.54, 1.807) is 23.7 Å². The topological polar surface area (TPSA) is 90.7 Å². The van der Waals surface area contributed by atoms with Crippen molar-refractivity contribution in [2.24, 2.45) is 11.5 Å². The molecule has 0 saturated carbocycles. The molecule has 0 fully saturated rings. The van der Waals surface area contributed by atoms with E-state index in [0.717, 1.165) is 21.5 Å². The molecule has 3 aromatic heterocycles. The van der Waals surface area contributed by atoms with Crippen molar-refractivity contribution >= 4 is 21.6 Å². The van der Waals surface area contributed by atoms with Gasteiger partial charge in [0.2, 0.25) is 0 Å². The van der Waals surface area contributed by atoms with Crippen LogP contribution in [0.4, 0.5) is 0 Å². The predicted octanol–water partition coefficient (Wildman–Crippen LogP) is 4.45. The summed E-state index contributed by atoms with van der Waals surface area (Å²) in [6.07, 6.45) is 4.19. The number of hydrogen-bond acceptors (Lipinski definition) is 6. The zero-order valence-electron chi connectivity index (χ0n) is 16.6. The molecule has 0 radical (unpaired) electrons. The first-order valence-electron chi connectivity index (χ1n) is 9.79. The smallest absolute Gasteiger partial charge is 0.161 e. The highest BCUT2D eigenvalue weighted by Crippen LogP contribution is 2.34. The molecule has 3 heterocycles. The van der Waals surface area contributed by atoms with E-state index in [9.17, 15) is 0 Å². The lowest BCUT2D eigenvalue weighted by Crippen LogP contribution is -2.36. The second-order valence-electron chi connectivity index (χ2n) is 7.57. The van der Waals surface area contributed by atoms with E-state index in [0.29, 0.717) is 18.2 Å². The summed E-state index contributed by atoms with van der Waals surface area (Å²) >= 11 is 1.70. The van der Waals surface area contributed by atoms with Crippen molar-refractivity contribution in [2.75, 3.05) is 0 Å². The quantitative estimate of drug-likeness (QED) is 0.496. The number of benzene rings is 1. The second kappa shape index (κ2) is 8.37. The molecule has 6 heteroatoms. The van der Waals surface area contributed by atoms with Crippen LogP contribution < -0.4 is 11.5 Å². The van der Waals surface area contributed by atoms with Crippen LogP contribution in [-0.4, -0.2) is 21.0 Å². The van der Waals surface area contributed by atoms with E-state index in [1.807, 2.05) is 30.3 Å². The first-order chi connectivity index (χ1) is 14.0. The summed E-state index contributed by atoms with van der Waals surface area (Å²) in [7, 11) is 0. The second-order valence-corrected chi connectivity index (χ2v) is 8.63. The molecule has 5 nitrogen and oxygen atoms in total. The number of nitrogens with zero attached hydrogens (tertiary/aromatic N) is 3. The van der Waals surface area contributed by atoms with Gasteiger partial charge in [-0.1, -0.05) is 44.2 Å². The summed E-state index contributed by atoms with van der Waals surface area (Å²) in [5, 5.41) is 1.01. The van der Waals surface area contributed by atoms with Crippen molar-refractivity contribution in [1.82, 2.24) is 15.0 Å². The third kappa shape index (κ3) is 4.19. The number of rotatable bonds is 6. The number of thiophene rings is 1. The maximum Gasteiger partial charge on any atom is 0.161 e. The lowest BCUT2D eigenvalue weighted by molar-refractivity contribution is 0.536. The zero-order valence-corrected chi connectivity index (χ0v) is 17.4. The maximum atomic E-state index is 6.66. The van der Waals surface area contributed by atoms with Gasteiger partial charge < -0.3 is 11.5 Å². The Morgan fingerprint density at radius 3 is 2.38 bits per heavy atom. The van der Waals surface area contributed by atoms with E-state index >= 15 is 0 Å². The van der Waals surface area contributed by atoms with Crippen LogP contribution >= 0.6 is 11.3 Å². The van der Waals surface area contributed by atoms with Crippen LogP contribution in [0.2, 0.25) is 0 Å². The molecule has 0 aliphatic heterocycles. The number of aromatic nitrogens is 3. The number of nitrogens with two attached hydrogens (primary N) is 2. The Morgan fingerprint density at radius 2 is 1.69 bits per heavy atom. The molecule has 2 unspecified atom stereocenters. The molecule has 0 saturated heterocycles. The molecule has 4 aromatic rings. The number of pyridine rings is 1. The third-order valence-electron chi connectivity index (χ3n) is 5.04. The van der Waals surface area contributed by atoms with Gasteiger partial charge >= 0.3 is 0 Å². The Kier molecular flexibility index (Phi) is 5.67. The van der Waals surface area contributed by atoms with Crippen LogP contribution in [0.5, 0.6) is 0 Å². The summed E-state index contributed by atoms with van der Waals surface area (Å²) in [6.45, 7) is 4.37. The highest BCUT2D eigenvalue weighted by atomic mass is 32.1. The van der Waals surface area contributed by atoms with Gasteiger partial charge in [-0.05, 0) is 36.1 Å². The standard InChI is InChI=1S/C23H25N5S/c1-14(2)19-13-17-21(20(25)18(24)12-15-6-4-3-5-7-15)27-22(28-23(17)29-19)16-8-10-26-11-9-16/h3-11,13-14,18,20H,12,24-25H2,1-2H3. The average molecular weight is 404 g/mol. The minimum absolute atomic E-state index is 0.247. The van der Waals surface area contributed by atoms with Crippen molar-refractivity contribution < 1.29 is 0 Å². The molecule has 0 amide bonds. The predicted molar refractivity (Wildman–Crippen MR) is 120 cm³/mol. The fraction of sp³-hybridized carbons (Fsp3) is 0.261. The fourth-order valence-corrected chi connectivity index (χ4v) is 4.39. The van der Waals surface area contributed by atoms with Gasteiger partial charge in [-0.25, -0.2) is 9.97 Å². The lowest BCUT2D eigenvalue weighted by atomic mass is 9.96. The molecule has 0 bridgehead atoms. The first kappa shape index (κ1) is 19.6. The highest BCUT2D eigenvalue weighted by molar-refractivity contribution is 7.18. The van der Waals surface area contributed by atoms with E-state index in [2.05, 4.69) is 37.0 Å². The van der Waals surface area contributed by atoms with Gasteiger partial charge in [0.1, 0.15) is 4.83 Å². The molecule has 4 N–H and O–H groups in total. The monoisotopic (exact) mass is 403 g/mol. The molecule has 148 valence electrons. The molecule has 29 heavy (non-hydrogen) atoms. The average Bonchev–Trinajstić information content (AvgIpc) is 3.18. The minimum atomic E-state index is -0.393. The van der Waals surface area contributed by atoms with Crippen molar-refractivity contribution in [3.05, 3.63) is 77.1 Å². The highest BCUT2D eigenvalue weighted by Gasteiger charge is 2.23. The Morgan fingerprint density at radius 1 is 0.966 bits per heavy atom. The summed E-state index contributed by atoms with van der Waals surface area (Å²) < 4.78 is 0. The van der Waals surface area contributed by atoms with Gasteiger partial charge in [-0.3, -0.25) is 4.98 Å². The van der Waals surface area contributed by atoms with Crippen LogP contribution in [0.3, 0.4) is 0 Å². The van der Waals surface area contributed by atoms with Crippen LogP contribution in [-0.2, 0) is 6.42 Å². The SMILES string of the molecule is CC(C)c1cc2c(C(N)C(N)Cc3ccccc3)nc(-c3ccncc3)nc2s1. The summed E-state index contributed by atoms with van der Waals surface area (Å²) in [4.78, 5) is 16.0. The summed E-state index contributed by atoms with van der Waals surface area (Å²) in [5.74, 6) is 1.08. The fourth-order valence-electron chi connectivity index (χ4n) is 3.35. The van der Waals surface area contributed by atoms with Gasteiger partial charge in [-0.15, -0.1) is 11.3 Å². The van der Waals surface area contributed by atoms with E-state index in [1.165, 1.54) is 10.4 Å². The van der Waals surface area contributed by atoms with Crippen molar-refractivity contribution in [3.63, 3.8) is 0 Å². The van der Waals surface area contributed by atoms with Crippen LogP contribution in [0.25, 0.3) is 21.6 Å². The van der Waals surface area contributed by atoms with Gasteiger partial charge in [0, 0.05) is 34.3 Å². The van der Waals surface area contributed by atoms with Crippen LogP contribution in [0, 0.1) is 0 Å². The maximum absolute atomic E-state index is 6.66. The Hall–Kier alpha value is -2.67. The largest absolute Gasteiger partial charge is 0.326 e. The van der Waals surface area contributed by atoms with Gasteiger partial charge in [0.25, 0.3) is 0 Å². The minimum Gasteiger partial charge on any atom is -0.326 e. The zero-order chi connectivity index (χ0) is 20.4. The van der Waals surface area contributed by atoms with Crippen LogP contribution in [0.1, 0.15) is 41.9 Å². The Balaban J connectivity index is 1.78. The van der Waals surface area contributed by atoms with E-state index in [-0.39, 0.29) is 6.04 Å². The van der Waals surface area contributed by atoms with Crippen molar-refractivity contribution in [1.29, 1.82) is 0 Å².